The molecule has 0 unspecified atom stereocenters. The molecule has 0 spiro atoms. The van der Waals surface area contributed by atoms with Gasteiger partial charge in [0.1, 0.15) is 11.5 Å². The number of rotatable bonds is 2. The molecule has 0 saturated heterocycles. The second kappa shape index (κ2) is 7.41. The van der Waals surface area contributed by atoms with Gasteiger partial charge >= 0.3 is 0 Å². The first-order valence-corrected chi connectivity index (χ1v) is 10.0. The second-order valence-corrected chi connectivity index (χ2v) is 7.78. The van der Waals surface area contributed by atoms with Gasteiger partial charge in [-0.25, -0.2) is 4.39 Å². The number of nitrogens with zero attached hydrogens (tertiary/aromatic N) is 2. The number of hydrogen-bond acceptors (Lipinski definition) is 0. The maximum absolute atomic E-state index is 13.6. The molecular formula is C25H16Cl2FN3. The van der Waals surface area contributed by atoms with Crippen LogP contribution in [-0.4, -0.2) is 9.55 Å². The van der Waals surface area contributed by atoms with E-state index in [0.29, 0.717) is 5.02 Å². The largest absolute Gasteiger partial charge is 1.00 e. The van der Waals surface area contributed by atoms with Crippen LogP contribution in [0, 0.1) is 5.82 Å². The molecule has 6 rings (SSSR count). The molecule has 3 heterocycles. The lowest BCUT2D eigenvalue weighted by atomic mass is 10.1. The fourth-order valence-corrected chi connectivity index (χ4v) is 4.32. The number of pyridine rings is 1. The van der Waals surface area contributed by atoms with Gasteiger partial charge < -0.3 is 17.4 Å². The van der Waals surface area contributed by atoms with Crippen LogP contribution >= 0.6 is 11.6 Å². The molecule has 0 aliphatic heterocycles. The Kier molecular flexibility index (Phi) is 4.69. The van der Waals surface area contributed by atoms with Crippen molar-refractivity contribution in [1.82, 2.24) is 9.55 Å². The topological polar surface area (TPSA) is 24.8 Å². The van der Waals surface area contributed by atoms with Gasteiger partial charge in [0.05, 0.1) is 11.7 Å². The van der Waals surface area contributed by atoms with Crippen molar-refractivity contribution in [2.75, 3.05) is 0 Å². The Morgan fingerprint density at radius 1 is 0.839 bits per heavy atom. The molecule has 3 nitrogen and oxygen atoms in total. The van der Waals surface area contributed by atoms with E-state index in [1.807, 2.05) is 36.7 Å². The number of imidazole rings is 1. The van der Waals surface area contributed by atoms with Gasteiger partial charge in [-0.1, -0.05) is 29.8 Å². The summed E-state index contributed by atoms with van der Waals surface area (Å²) in [6, 6.07) is 24.8. The fourth-order valence-electron chi connectivity index (χ4n) is 4.20. The average molecular weight is 448 g/mol. The van der Waals surface area contributed by atoms with Gasteiger partial charge in [-0.2, -0.15) is 8.97 Å². The van der Waals surface area contributed by atoms with Crippen LogP contribution in [0.25, 0.3) is 44.3 Å². The molecule has 0 bridgehead atoms. The van der Waals surface area contributed by atoms with Crippen molar-refractivity contribution in [3.8, 4) is 16.9 Å². The van der Waals surface area contributed by atoms with Crippen LogP contribution in [0.15, 0.2) is 91.4 Å². The van der Waals surface area contributed by atoms with Crippen LogP contribution in [0.2, 0.25) is 5.02 Å². The molecule has 6 aromatic rings. The zero-order valence-corrected chi connectivity index (χ0v) is 17.7. The Labute approximate surface area is 188 Å². The van der Waals surface area contributed by atoms with Crippen molar-refractivity contribution in [1.29, 1.82) is 0 Å². The molecule has 0 saturated carbocycles. The predicted octanol–water partition coefficient (Wildman–Crippen LogP) is 3.31. The Balaban J connectivity index is 0.00000204. The standard InChI is InChI=1S/C25H16ClFN3.ClH/c26-17-7-5-16(6-8-17)24-25-23-21(20-3-1-2-4-22(20)28-23)13-14-29(25)15-30(24)19-11-9-18(27)10-12-19;/h1-15,28H;1H/q+1;/p-1. The van der Waals surface area contributed by atoms with E-state index < -0.39 is 0 Å². The number of aromatic amines is 1. The quantitative estimate of drug-likeness (QED) is 0.394. The van der Waals surface area contributed by atoms with Gasteiger partial charge in [0.25, 0.3) is 6.33 Å². The summed E-state index contributed by atoms with van der Waals surface area (Å²) in [5.41, 5.74) is 6.12. The minimum Gasteiger partial charge on any atom is -1.00 e. The SMILES string of the molecule is Fc1ccc(-n2c[n+]3ccc4c5ccccc5[nH]c4c3c2-c2ccc(Cl)cc2)cc1.[Cl-]. The molecule has 3 aromatic heterocycles. The molecule has 0 fully saturated rings. The van der Waals surface area contributed by atoms with Crippen molar-refractivity contribution in [2.45, 2.75) is 0 Å². The maximum Gasteiger partial charge on any atom is 0.254 e. The van der Waals surface area contributed by atoms with Crippen molar-refractivity contribution in [2.24, 2.45) is 0 Å². The lowest BCUT2D eigenvalue weighted by Crippen LogP contribution is -3.00. The summed E-state index contributed by atoms with van der Waals surface area (Å²) in [4.78, 5) is 3.60. The van der Waals surface area contributed by atoms with Gasteiger partial charge in [0.2, 0.25) is 5.52 Å². The molecule has 0 atom stereocenters. The number of nitrogens with one attached hydrogen (secondary N) is 1. The fraction of sp³-hybridized carbons (Fsp3) is 0. The number of H-pyrrole nitrogens is 1. The highest BCUT2D eigenvalue weighted by Gasteiger charge is 2.24. The minimum atomic E-state index is -0.255. The highest BCUT2D eigenvalue weighted by Crippen LogP contribution is 2.34. The first kappa shape index (κ1) is 19.6. The molecule has 0 amide bonds. The molecule has 1 N–H and O–H groups in total. The van der Waals surface area contributed by atoms with Crippen molar-refractivity contribution in [3.63, 3.8) is 0 Å². The van der Waals surface area contributed by atoms with E-state index in [1.165, 1.54) is 17.5 Å². The molecule has 0 radical (unpaired) electrons. The van der Waals surface area contributed by atoms with Gasteiger partial charge in [-0.3, -0.25) is 0 Å². The average Bonchev–Trinajstić information content (AvgIpc) is 3.33. The smallest absolute Gasteiger partial charge is 0.254 e. The van der Waals surface area contributed by atoms with Crippen LogP contribution in [0.1, 0.15) is 0 Å². The summed E-state index contributed by atoms with van der Waals surface area (Å²) in [6.45, 7) is 0. The third kappa shape index (κ3) is 3.07. The lowest BCUT2D eigenvalue weighted by molar-refractivity contribution is -0.510. The molecule has 0 aliphatic carbocycles. The molecule has 0 aliphatic rings. The minimum absolute atomic E-state index is 0. The van der Waals surface area contributed by atoms with E-state index in [4.69, 9.17) is 11.6 Å². The lowest BCUT2D eigenvalue weighted by Gasteiger charge is -2.03. The van der Waals surface area contributed by atoms with E-state index in [-0.39, 0.29) is 18.2 Å². The summed E-state index contributed by atoms with van der Waals surface area (Å²) in [5, 5.41) is 3.04. The van der Waals surface area contributed by atoms with E-state index in [9.17, 15) is 4.39 Å². The second-order valence-electron chi connectivity index (χ2n) is 7.35. The predicted molar refractivity (Wildman–Crippen MR) is 119 cm³/mol. The van der Waals surface area contributed by atoms with E-state index in [2.05, 4.69) is 44.4 Å². The normalized spacial score (nSPS) is 11.3. The zero-order chi connectivity index (χ0) is 20.2. The summed E-state index contributed by atoms with van der Waals surface area (Å²) < 4.78 is 17.8. The van der Waals surface area contributed by atoms with Crippen LogP contribution in [0.3, 0.4) is 0 Å². The Bertz CT molecular complexity index is 1550. The summed E-state index contributed by atoms with van der Waals surface area (Å²) in [7, 11) is 0. The Morgan fingerprint density at radius 2 is 1.58 bits per heavy atom. The monoisotopic (exact) mass is 447 g/mol. The number of hydrogen-bond donors (Lipinski definition) is 1. The maximum atomic E-state index is 13.6. The highest BCUT2D eigenvalue weighted by atomic mass is 35.5. The van der Waals surface area contributed by atoms with Crippen LogP contribution in [0.4, 0.5) is 4.39 Å². The number of aromatic nitrogens is 3. The third-order valence-corrected chi connectivity index (χ3v) is 5.82. The number of para-hydroxylation sites is 1. The highest BCUT2D eigenvalue weighted by molar-refractivity contribution is 6.30. The van der Waals surface area contributed by atoms with Gasteiger partial charge in [-0.05, 0) is 60.7 Å². The van der Waals surface area contributed by atoms with Gasteiger partial charge in [0, 0.05) is 26.9 Å². The van der Waals surface area contributed by atoms with E-state index in [1.54, 1.807) is 12.1 Å². The van der Waals surface area contributed by atoms with E-state index in [0.717, 1.165) is 38.9 Å². The number of halogens is 3. The van der Waals surface area contributed by atoms with Crippen LogP contribution < -0.4 is 16.8 Å². The first-order chi connectivity index (χ1) is 14.7. The van der Waals surface area contributed by atoms with Crippen LogP contribution in [-0.2, 0) is 0 Å². The molecule has 3 aromatic carbocycles. The summed E-state index contributed by atoms with van der Waals surface area (Å²) in [5.74, 6) is -0.255. The van der Waals surface area contributed by atoms with Gasteiger partial charge in [-0.15, -0.1) is 0 Å². The molecule has 6 heteroatoms. The summed E-state index contributed by atoms with van der Waals surface area (Å²) in [6.07, 6.45) is 4.09. The Hall–Kier alpha value is -3.34. The zero-order valence-electron chi connectivity index (χ0n) is 16.2. The number of fused-ring (bicyclic) bond motifs is 5. The molecule has 152 valence electrons. The number of benzene rings is 3. The molecular weight excluding hydrogens is 432 g/mol. The van der Waals surface area contributed by atoms with Crippen molar-refractivity contribution in [3.05, 3.63) is 102 Å². The van der Waals surface area contributed by atoms with Crippen molar-refractivity contribution < 1.29 is 21.2 Å². The summed E-state index contributed by atoms with van der Waals surface area (Å²) >= 11 is 6.15. The van der Waals surface area contributed by atoms with Crippen molar-refractivity contribution >= 4 is 38.9 Å². The van der Waals surface area contributed by atoms with Crippen LogP contribution in [0.5, 0.6) is 0 Å². The third-order valence-electron chi connectivity index (χ3n) is 5.57. The Morgan fingerprint density at radius 3 is 2.35 bits per heavy atom. The first-order valence-electron chi connectivity index (χ1n) is 9.67. The molecule has 31 heavy (non-hydrogen) atoms. The van der Waals surface area contributed by atoms with E-state index >= 15 is 0 Å². The van der Waals surface area contributed by atoms with Gasteiger partial charge in [0.15, 0.2) is 5.69 Å².